The van der Waals surface area contributed by atoms with Crippen molar-refractivity contribution in [3.8, 4) is 0 Å². The quantitative estimate of drug-likeness (QED) is 0.0378. The average molecular weight is 1200 g/mol. The number of ether oxygens (including phenoxy) is 10. The lowest BCUT2D eigenvalue weighted by atomic mass is 9.94. The zero-order chi connectivity index (χ0) is 59.8. The summed E-state index contributed by atoms with van der Waals surface area (Å²) in [5, 5.41) is 190. The highest BCUT2D eigenvalue weighted by atomic mass is 32.3. The molecule has 5 aliphatic rings. The van der Waals surface area contributed by atoms with E-state index in [-0.39, 0.29) is 0 Å². The van der Waals surface area contributed by atoms with Gasteiger partial charge in [0.05, 0.1) is 52.3 Å². The van der Waals surface area contributed by atoms with Crippen LogP contribution in [0.25, 0.3) is 0 Å². The molecule has 29 atom stereocenters. The van der Waals surface area contributed by atoms with E-state index >= 15 is 0 Å². The van der Waals surface area contributed by atoms with Crippen molar-refractivity contribution in [2.75, 3.05) is 46.2 Å². The molecule has 5 saturated heterocycles. The first kappa shape index (κ1) is 68.0. The van der Waals surface area contributed by atoms with Crippen LogP contribution in [0.2, 0.25) is 0 Å². The zero-order valence-corrected chi connectivity index (χ0v) is 43.5. The Morgan fingerprint density at radius 3 is 1.40 bits per heavy atom. The van der Waals surface area contributed by atoms with Crippen LogP contribution in [0, 0.1) is 0 Å². The molecule has 0 aromatic heterocycles. The van der Waals surface area contributed by atoms with Gasteiger partial charge >= 0.3 is 10.4 Å². The number of rotatable bonds is 25. The highest BCUT2D eigenvalue weighted by Gasteiger charge is 2.57. The molecule has 0 radical (unpaired) electrons. The molecule has 0 spiro atoms. The molecule has 3 amide bonds. The monoisotopic (exact) mass is 1200 g/mol. The summed E-state index contributed by atoms with van der Waals surface area (Å²) in [4.78, 5) is 37.1. The Kier molecular flexibility index (Phi) is 25.3. The van der Waals surface area contributed by atoms with Gasteiger partial charge in [0.2, 0.25) is 17.7 Å². The number of carbonyl (C=O) groups is 3. The van der Waals surface area contributed by atoms with E-state index in [0.29, 0.717) is 0 Å². The van der Waals surface area contributed by atoms with Crippen LogP contribution in [-0.2, 0) is 76.3 Å². The normalized spacial score (nSPS) is 42.4. The topological polar surface area (TPSA) is 587 Å². The van der Waals surface area contributed by atoms with Gasteiger partial charge in [-0.1, -0.05) is 0 Å². The van der Waals surface area contributed by atoms with E-state index in [1.807, 2.05) is 0 Å². The second-order valence-corrected chi connectivity index (χ2v) is 20.4. The summed E-state index contributed by atoms with van der Waals surface area (Å²) in [6.45, 7) is -4.41. The summed E-state index contributed by atoms with van der Waals surface area (Å²) in [7, 11) is -5.15. The number of nitrogens with one attached hydrogen (secondary N) is 3. The Balaban J connectivity index is 1.33. The third-order valence-corrected chi connectivity index (χ3v) is 13.9. The van der Waals surface area contributed by atoms with Crippen LogP contribution in [0.15, 0.2) is 0 Å². The Morgan fingerprint density at radius 1 is 0.500 bits per heavy atom. The van der Waals surface area contributed by atoms with E-state index in [0.717, 1.165) is 20.8 Å². The van der Waals surface area contributed by atoms with E-state index in [9.17, 15) is 110 Å². The number of hydrogen-bond acceptors (Lipinski definition) is 33. The van der Waals surface area contributed by atoms with E-state index in [2.05, 4.69) is 20.1 Å². The van der Waals surface area contributed by atoms with Gasteiger partial charge in [0.1, 0.15) is 140 Å². The van der Waals surface area contributed by atoms with Crippen molar-refractivity contribution in [2.45, 2.75) is 199 Å². The predicted molar refractivity (Wildman–Crippen MR) is 247 cm³/mol. The standard InChI is InChI=1S/C42H73N3O34S/c1-11(51)43-14(4-46)34(76-41-32(64)30(62)25(57)20(75-41)10-70-80(66,67)68)23(55)15(54)9-69-38-21(44-12(2)52)27(59)35(18(7-49)73-38)78-42-33(65)37(26(58)17(6-48)72-42)79-39-22(45-13(3)53)28(60)36(19(8-50)74-39)77-40-31(63)29(61)24(56)16(5-47)71-40/h14-42,46-50,54-65H,4-10H2,1-3H3,(H,43,51)(H,44,52)(H,45,53)(H,66,67,68)/t14-,15+,16+,17+,18+,19+,20+,21+,22+,23-,24-,25-,26-,27+,28+,29-,30-,31+,32+,33+,34+,35+,36+,37-,38+,39-,40-,41-,42-/m0/s1. The smallest absolute Gasteiger partial charge is 0.394 e. The summed E-state index contributed by atoms with van der Waals surface area (Å²) >= 11 is 0. The number of aliphatic hydroxyl groups is 17. The van der Waals surface area contributed by atoms with Crippen LogP contribution in [-0.4, -0.2) is 342 Å². The van der Waals surface area contributed by atoms with Crippen LogP contribution in [0.1, 0.15) is 20.8 Å². The zero-order valence-electron chi connectivity index (χ0n) is 42.7. The molecule has 5 heterocycles. The molecule has 21 N–H and O–H groups in total. The molecule has 0 aromatic rings. The highest BCUT2D eigenvalue weighted by molar-refractivity contribution is 7.80. The minimum Gasteiger partial charge on any atom is -0.394 e. The first-order chi connectivity index (χ1) is 37.5. The number of hydrogen-bond donors (Lipinski definition) is 21. The SMILES string of the molecule is CC(=O)N[C@H]1[C@H](O[C@H]2[C@@H](O)[C@@H](CO)O[C@@H](O[C@H]3[C@H](O)[C@@H](NC(C)=O)[C@H](OC[C@@H](O)[C@H](O)[C@H](O[C@@H]4O[C@H](COS(=O)(=O)O)[C@H](O)[C@H](O)[C@H]4O)[C@H](CO)NC(C)=O)O[C@@H]3CO)[C@@H]2O)O[C@H](CO)[C@@H](O[C@@H]2O[C@H](CO)[C@H](O)[C@H](O)[C@H]2O)[C@@H]1O. The minimum absolute atomic E-state index is 0.847. The number of carbonyl (C=O) groups excluding carboxylic acids is 3. The van der Waals surface area contributed by atoms with Gasteiger partial charge < -0.3 is 150 Å². The molecular formula is C42H73N3O34S. The maximum absolute atomic E-state index is 12.5. The van der Waals surface area contributed by atoms with Gasteiger partial charge in [-0.2, -0.15) is 8.42 Å². The fourth-order valence-electron chi connectivity index (χ4n) is 9.37. The summed E-state index contributed by atoms with van der Waals surface area (Å²) in [6.07, 6.45) is -51.6. The molecule has 0 aromatic carbocycles. The van der Waals surface area contributed by atoms with Gasteiger partial charge in [-0.25, -0.2) is 4.18 Å². The molecule has 5 fully saturated rings. The summed E-state index contributed by atoms with van der Waals surface area (Å²) in [5.74, 6) is -2.58. The number of amides is 3. The van der Waals surface area contributed by atoms with Crippen LogP contribution in [0.5, 0.6) is 0 Å². The molecule has 0 aliphatic carbocycles. The fraction of sp³-hybridized carbons (Fsp3) is 0.929. The lowest BCUT2D eigenvalue weighted by Crippen LogP contribution is -2.70. The van der Waals surface area contributed by atoms with Crippen LogP contribution in [0.4, 0.5) is 0 Å². The molecule has 80 heavy (non-hydrogen) atoms. The van der Waals surface area contributed by atoms with Crippen LogP contribution >= 0.6 is 0 Å². The van der Waals surface area contributed by atoms with Crippen molar-refractivity contribution < 1.29 is 166 Å². The molecule has 37 nitrogen and oxygen atoms in total. The third kappa shape index (κ3) is 16.5. The van der Waals surface area contributed by atoms with Gasteiger partial charge in [0, 0.05) is 20.8 Å². The third-order valence-electron chi connectivity index (χ3n) is 13.5. The van der Waals surface area contributed by atoms with Crippen molar-refractivity contribution in [2.24, 2.45) is 0 Å². The van der Waals surface area contributed by atoms with Gasteiger partial charge in [-0.05, 0) is 0 Å². The Hall–Kier alpha value is -2.80. The van der Waals surface area contributed by atoms with Gasteiger partial charge in [0.25, 0.3) is 0 Å². The van der Waals surface area contributed by atoms with Crippen LogP contribution in [0.3, 0.4) is 0 Å². The second kappa shape index (κ2) is 29.8. The minimum atomic E-state index is -5.15. The van der Waals surface area contributed by atoms with Crippen LogP contribution < -0.4 is 16.0 Å². The molecular weight excluding hydrogens is 1120 g/mol. The predicted octanol–water partition coefficient (Wildman–Crippen LogP) is -14.2. The first-order valence-corrected chi connectivity index (χ1v) is 26.0. The molecule has 0 saturated carbocycles. The highest BCUT2D eigenvalue weighted by Crippen LogP contribution is 2.35. The van der Waals surface area contributed by atoms with Crippen molar-refractivity contribution >= 4 is 28.1 Å². The molecule has 5 rings (SSSR count). The lowest BCUT2D eigenvalue weighted by Gasteiger charge is -2.50. The largest absolute Gasteiger partial charge is 0.397 e. The van der Waals surface area contributed by atoms with E-state index in [4.69, 9.17) is 51.9 Å². The van der Waals surface area contributed by atoms with Gasteiger partial charge in [-0.15, -0.1) is 0 Å². The second-order valence-electron chi connectivity index (χ2n) is 19.3. The molecule has 5 aliphatic heterocycles. The summed E-state index contributed by atoms with van der Waals surface area (Å²) in [5.41, 5.74) is 0. The van der Waals surface area contributed by atoms with E-state index in [1.165, 1.54) is 0 Å². The van der Waals surface area contributed by atoms with Crippen molar-refractivity contribution in [3.63, 3.8) is 0 Å². The first-order valence-electron chi connectivity index (χ1n) is 24.7. The maximum atomic E-state index is 12.5. The van der Waals surface area contributed by atoms with Crippen molar-refractivity contribution in [1.29, 1.82) is 0 Å². The Bertz CT molecular complexity index is 2070. The Labute approximate surface area is 453 Å². The number of aliphatic hydroxyl groups excluding tert-OH is 17. The lowest BCUT2D eigenvalue weighted by molar-refractivity contribution is -0.378. The Morgan fingerprint density at radius 2 is 0.925 bits per heavy atom. The molecule has 0 unspecified atom stereocenters. The summed E-state index contributed by atoms with van der Waals surface area (Å²) in [6, 6.07) is -5.24. The summed E-state index contributed by atoms with van der Waals surface area (Å²) < 4.78 is 92.3. The fourth-order valence-corrected chi connectivity index (χ4v) is 9.67. The van der Waals surface area contributed by atoms with Gasteiger partial charge in [0.15, 0.2) is 31.5 Å². The van der Waals surface area contributed by atoms with Crippen molar-refractivity contribution in [3.05, 3.63) is 0 Å². The average Bonchev–Trinajstić information content (AvgIpc) is 3.40. The molecule has 38 heteroatoms. The van der Waals surface area contributed by atoms with Gasteiger partial charge in [-0.3, -0.25) is 18.9 Å². The van der Waals surface area contributed by atoms with E-state index in [1.54, 1.807) is 0 Å². The van der Waals surface area contributed by atoms with E-state index < -0.39 is 252 Å². The van der Waals surface area contributed by atoms with Crippen molar-refractivity contribution in [1.82, 2.24) is 16.0 Å². The molecule has 466 valence electrons. The molecule has 0 bridgehead atoms. The maximum Gasteiger partial charge on any atom is 0.397 e.